The molecule has 0 spiro atoms. The van der Waals surface area contributed by atoms with E-state index >= 15 is 0 Å². The van der Waals surface area contributed by atoms with Gasteiger partial charge in [0.2, 0.25) is 0 Å². The summed E-state index contributed by atoms with van der Waals surface area (Å²) in [5.41, 5.74) is 1.05. The fourth-order valence-corrected chi connectivity index (χ4v) is 2.97. The van der Waals surface area contributed by atoms with Gasteiger partial charge in [-0.15, -0.1) is 0 Å². The maximum Gasteiger partial charge on any atom is 0.114 e. The van der Waals surface area contributed by atoms with E-state index in [1.54, 1.807) is 6.20 Å². The van der Waals surface area contributed by atoms with Gasteiger partial charge < -0.3 is 5.11 Å². The van der Waals surface area contributed by atoms with Crippen LogP contribution in [0.15, 0.2) is 18.3 Å². The van der Waals surface area contributed by atoms with Gasteiger partial charge in [-0.05, 0) is 50.2 Å². The van der Waals surface area contributed by atoms with Gasteiger partial charge in [-0.25, -0.2) is 0 Å². The average Bonchev–Trinajstić information content (AvgIpc) is 2.47. The van der Waals surface area contributed by atoms with Crippen molar-refractivity contribution in [3.8, 4) is 6.07 Å². The Balaban J connectivity index is 2.18. The monoisotopic (exact) mass is 258 g/mol. The van der Waals surface area contributed by atoms with Crippen LogP contribution in [-0.4, -0.2) is 10.1 Å². The lowest BCUT2D eigenvalue weighted by Crippen LogP contribution is -2.32. The van der Waals surface area contributed by atoms with Crippen molar-refractivity contribution in [2.75, 3.05) is 0 Å². The van der Waals surface area contributed by atoms with E-state index in [0.717, 1.165) is 31.2 Å². The normalized spacial score (nSPS) is 28.6. The van der Waals surface area contributed by atoms with Gasteiger partial charge in [0, 0.05) is 6.20 Å². The van der Waals surface area contributed by atoms with E-state index in [1.807, 2.05) is 19.1 Å². The largest absolute Gasteiger partial charge is 0.385 e. The fraction of sp³-hybridized carbons (Fsp3) is 0.625. The topological polar surface area (TPSA) is 56.9 Å². The Morgan fingerprint density at radius 2 is 2.16 bits per heavy atom. The van der Waals surface area contributed by atoms with Crippen LogP contribution in [0.1, 0.15) is 56.4 Å². The molecule has 0 aromatic carbocycles. The zero-order valence-electron chi connectivity index (χ0n) is 11.8. The minimum Gasteiger partial charge on any atom is -0.385 e. The highest BCUT2D eigenvalue weighted by Crippen LogP contribution is 2.47. The van der Waals surface area contributed by atoms with Crippen LogP contribution < -0.4 is 0 Å². The molecule has 1 atom stereocenters. The van der Waals surface area contributed by atoms with E-state index in [0.29, 0.717) is 11.6 Å². The molecule has 102 valence electrons. The fourth-order valence-electron chi connectivity index (χ4n) is 2.97. The Labute approximate surface area is 115 Å². The Morgan fingerprint density at radius 1 is 1.47 bits per heavy atom. The van der Waals surface area contributed by atoms with Crippen molar-refractivity contribution in [3.63, 3.8) is 0 Å². The first-order valence-electron chi connectivity index (χ1n) is 7.13. The highest BCUT2D eigenvalue weighted by atomic mass is 16.3. The lowest BCUT2D eigenvalue weighted by molar-refractivity contribution is 0.0213. The number of hydrogen-bond acceptors (Lipinski definition) is 3. The number of rotatable bonds is 3. The highest BCUT2D eigenvalue weighted by molar-refractivity contribution is 5.19. The Kier molecular flexibility index (Phi) is 4.21. The van der Waals surface area contributed by atoms with Crippen molar-refractivity contribution in [1.29, 1.82) is 5.26 Å². The predicted octanol–water partition coefficient (Wildman–Crippen LogP) is 3.53. The van der Waals surface area contributed by atoms with Gasteiger partial charge in [0.05, 0.1) is 17.2 Å². The van der Waals surface area contributed by atoms with E-state index in [9.17, 15) is 10.4 Å². The molecule has 0 aliphatic heterocycles. The number of aliphatic hydroxyl groups excluding tert-OH is 1. The molecule has 1 fully saturated rings. The third-order valence-electron chi connectivity index (χ3n) is 4.54. The van der Waals surface area contributed by atoms with Gasteiger partial charge >= 0.3 is 0 Å². The SMILES string of the molecule is CCC1CCC(C#N)(C(O)c2ccc(C)cn2)CC1. The number of nitrogens with zero attached hydrogens (tertiary/aromatic N) is 2. The summed E-state index contributed by atoms with van der Waals surface area (Å²) in [4.78, 5) is 4.28. The van der Waals surface area contributed by atoms with E-state index in [-0.39, 0.29) is 0 Å². The summed E-state index contributed by atoms with van der Waals surface area (Å²) in [5.74, 6) is 0.708. The Bertz CT molecular complexity index is 453. The third kappa shape index (κ3) is 2.79. The highest BCUT2D eigenvalue weighted by Gasteiger charge is 2.42. The summed E-state index contributed by atoms with van der Waals surface area (Å²) >= 11 is 0. The van der Waals surface area contributed by atoms with Crippen molar-refractivity contribution in [3.05, 3.63) is 29.6 Å². The standard InChI is InChI=1S/C16H22N2O/c1-3-13-6-8-16(11-17,9-7-13)15(19)14-5-4-12(2)10-18-14/h4-5,10,13,15,19H,3,6-9H2,1-2H3. The van der Waals surface area contributed by atoms with Crippen molar-refractivity contribution in [2.24, 2.45) is 11.3 Å². The molecule has 2 rings (SSSR count). The van der Waals surface area contributed by atoms with Crippen molar-refractivity contribution < 1.29 is 5.11 Å². The number of pyridine rings is 1. The summed E-state index contributed by atoms with van der Waals surface area (Å²) in [7, 11) is 0. The van der Waals surface area contributed by atoms with Gasteiger partial charge in [0.1, 0.15) is 6.10 Å². The molecule has 0 amide bonds. The summed E-state index contributed by atoms with van der Waals surface area (Å²) in [6.07, 6.45) is 5.77. The van der Waals surface area contributed by atoms with Crippen LogP contribution in [0.4, 0.5) is 0 Å². The second-order valence-electron chi connectivity index (χ2n) is 5.78. The van der Waals surface area contributed by atoms with E-state index in [1.165, 1.54) is 6.42 Å². The molecule has 1 saturated carbocycles. The Morgan fingerprint density at radius 3 is 2.63 bits per heavy atom. The quantitative estimate of drug-likeness (QED) is 0.902. The number of aliphatic hydroxyl groups is 1. The summed E-state index contributed by atoms with van der Waals surface area (Å²) in [6.45, 7) is 4.16. The van der Waals surface area contributed by atoms with Crippen molar-refractivity contribution in [1.82, 2.24) is 4.98 Å². The third-order valence-corrected chi connectivity index (χ3v) is 4.54. The molecule has 0 saturated heterocycles. The molecule has 1 aliphatic carbocycles. The second kappa shape index (κ2) is 5.71. The molecule has 1 heterocycles. The molecule has 3 heteroatoms. The van der Waals surface area contributed by atoms with Gasteiger partial charge in [-0.2, -0.15) is 5.26 Å². The van der Waals surface area contributed by atoms with Crippen LogP contribution in [0.5, 0.6) is 0 Å². The number of hydrogen-bond donors (Lipinski definition) is 1. The minimum absolute atomic E-state index is 0.627. The molecule has 1 aromatic rings. The van der Waals surface area contributed by atoms with E-state index in [2.05, 4.69) is 18.0 Å². The maximum absolute atomic E-state index is 10.6. The summed E-state index contributed by atoms with van der Waals surface area (Å²) < 4.78 is 0. The van der Waals surface area contributed by atoms with Crippen LogP contribution in [0, 0.1) is 29.6 Å². The van der Waals surface area contributed by atoms with Crippen molar-refractivity contribution >= 4 is 0 Å². The van der Waals surface area contributed by atoms with E-state index < -0.39 is 11.5 Å². The smallest absolute Gasteiger partial charge is 0.114 e. The molecule has 1 aromatic heterocycles. The predicted molar refractivity (Wildman–Crippen MR) is 74.2 cm³/mol. The van der Waals surface area contributed by atoms with Gasteiger partial charge in [-0.1, -0.05) is 19.4 Å². The van der Waals surface area contributed by atoms with Crippen LogP contribution in [0.25, 0.3) is 0 Å². The number of nitriles is 1. The lowest BCUT2D eigenvalue weighted by atomic mass is 9.67. The summed E-state index contributed by atoms with van der Waals surface area (Å²) in [5, 5.41) is 20.1. The van der Waals surface area contributed by atoms with Crippen LogP contribution in [-0.2, 0) is 0 Å². The average molecular weight is 258 g/mol. The zero-order valence-corrected chi connectivity index (χ0v) is 11.8. The van der Waals surface area contributed by atoms with E-state index in [4.69, 9.17) is 0 Å². The lowest BCUT2D eigenvalue weighted by Gasteiger charge is -2.37. The molecule has 1 N–H and O–H groups in total. The van der Waals surface area contributed by atoms with Gasteiger partial charge in [-0.3, -0.25) is 4.98 Å². The molecule has 0 radical (unpaired) electrons. The molecular weight excluding hydrogens is 236 g/mol. The van der Waals surface area contributed by atoms with Crippen molar-refractivity contribution in [2.45, 2.75) is 52.1 Å². The number of aromatic nitrogens is 1. The van der Waals surface area contributed by atoms with Crippen LogP contribution >= 0.6 is 0 Å². The Hall–Kier alpha value is -1.40. The first kappa shape index (κ1) is 14.0. The van der Waals surface area contributed by atoms with Crippen LogP contribution in [0.2, 0.25) is 0 Å². The zero-order chi connectivity index (χ0) is 13.9. The molecule has 1 aliphatic rings. The van der Waals surface area contributed by atoms with Crippen LogP contribution in [0.3, 0.4) is 0 Å². The summed E-state index contributed by atoms with van der Waals surface area (Å²) in [6, 6.07) is 6.16. The van der Waals surface area contributed by atoms with Gasteiger partial charge in [0.25, 0.3) is 0 Å². The minimum atomic E-state index is -0.768. The van der Waals surface area contributed by atoms with Gasteiger partial charge in [0.15, 0.2) is 0 Å². The molecule has 0 bridgehead atoms. The second-order valence-corrected chi connectivity index (χ2v) is 5.78. The molecule has 19 heavy (non-hydrogen) atoms. The molecule has 3 nitrogen and oxygen atoms in total. The molecule has 1 unspecified atom stereocenters. The molecular formula is C16H22N2O. The maximum atomic E-state index is 10.6. The number of aryl methyl sites for hydroxylation is 1. The first-order chi connectivity index (χ1) is 9.11. The first-order valence-corrected chi connectivity index (χ1v) is 7.13.